The highest BCUT2D eigenvalue weighted by Gasteiger charge is 2.43. The summed E-state index contributed by atoms with van der Waals surface area (Å²) in [7, 11) is 18.0. The van der Waals surface area contributed by atoms with Crippen molar-refractivity contribution in [1.29, 1.82) is 0 Å². The van der Waals surface area contributed by atoms with Crippen LogP contribution in [0, 0.1) is 13.8 Å². The molecule has 6 atom stereocenters. The van der Waals surface area contributed by atoms with Crippen LogP contribution in [0.3, 0.4) is 0 Å². The van der Waals surface area contributed by atoms with Crippen LogP contribution < -0.4 is 64.7 Å². The van der Waals surface area contributed by atoms with E-state index in [9.17, 15) is 30.0 Å². The number of likely N-dealkylation sites (N-methyl/N-ethyl adjacent to an activating group) is 5. The van der Waals surface area contributed by atoms with Gasteiger partial charge < -0.3 is 94.8 Å². The van der Waals surface area contributed by atoms with Crippen LogP contribution in [0.5, 0.6) is 23.0 Å². The lowest BCUT2D eigenvalue weighted by molar-refractivity contribution is -0.129. The fourth-order valence-corrected chi connectivity index (χ4v) is 19.6. The lowest BCUT2D eigenvalue weighted by atomic mass is 9.88. The van der Waals surface area contributed by atoms with E-state index in [-0.39, 0.29) is 43.5 Å². The highest BCUT2D eigenvalue weighted by atomic mass is 16.5. The number of aromatic nitrogens is 8. The molecule has 4 aromatic heterocycles. The molecule has 30 nitrogen and oxygen atoms in total. The van der Waals surface area contributed by atoms with Crippen molar-refractivity contribution in [2.24, 2.45) is 0 Å². The molecule has 730 valence electrons. The smallest absolute Gasteiger partial charge is 0.219 e. The number of likely N-dealkylation sites (tertiary alicyclic amines) is 2. The molecule has 7 fully saturated rings. The quantitative estimate of drug-likeness (QED) is 0.0171. The number of piperazine rings is 1. The van der Waals surface area contributed by atoms with Gasteiger partial charge in [0.1, 0.15) is 109 Å². The molecule has 8 heterocycles. The fraction of sp³-hybridized carbons (Fsp3) is 0.596. The molecule has 8 N–H and O–H groups in total. The molecule has 7 aliphatic rings. The number of aliphatic hydroxyl groups excluding tert-OH is 4. The minimum atomic E-state index is -0.593. The molecule has 4 unspecified atom stereocenters. The van der Waals surface area contributed by atoms with E-state index in [0.29, 0.717) is 109 Å². The molecule has 15 rings (SSSR count). The zero-order chi connectivity index (χ0) is 95.5. The molecule has 3 aliphatic carbocycles. The molecular formula is C104H153N19O11. The Morgan fingerprint density at radius 3 is 1.22 bits per heavy atom. The van der Waals surface area contributed by atoms with Gasteiger partial charge in [-0.2, -0.15) is 0 Å². The van der Waals surface area contributed by atoms with Gasteiger partial charge >= 0.3 is 0 Å². The van der Waals surface area contributed by atoms with Crippen LogP contribution in [0.25, 0.3) is 45.6 Å². The highest BCUT2D eigenvalue weighted by molar-refractivity contribution is 5.95. The first-order chi connectivity index (χ1) is 64.6. The van der Waals surface area contributed by atoms with Gasteiger partial charge in [-0.05, 0) is 168 Å². The Morgan fingerprint density at radius 2 is 0.836 bits per heavy atom. The number of Topliss-reactive ketones (excluding diaryl/α,β-unsaturated/α-hetero) is 1. The van der Waals surface area contributed by atoms with Crippen LogP contribution in [-0.4, -0.2) is 298 Å². The maximum absolute atomic E-state index is 12.3. The van der Waals surface area contributed by atoms with Gasteiger partial charge in [-0.25, -0.2) is 39.9 Å². The number of benzene rings is 4. The van der Waals surface area contributed by atoms with Crippen LogP contribution in [-0.2, 0) is 14.9 Å². The number of fused-ring (bicyclic) bond motifs is 2. The number of ketones is 1. The molecule has 30 heteroatoms. The predicted molar refractivity (Wildman–Crippen MR) is 534 cm³/mol. The Balaban J connectivity index is 0.000000161. The number of carbonyl (C=O) groups excluding carboxylic acids is 2. The average molecular weight is 1850 g/mol. The Morgan fingerprint density at radius 1 is 0.455 bits per heavy atom. The van der Waals surface area contributed by atoms with E-state index in [1.54, 1.807) is 35.0 Å². The summed E-state index contributed by atoms with van der Waals surface area (Å²) in [5.74, 6) is 10.5. The van der Waals surface area contributed by atoms with Crippen molar-refractivity contribution >= 4 is 40.8 Å². The number of anilines is 5. The molecule has 0 radical (unpaired) electrons. The largest absolute Gasteiger partial charge is 0.491 e. The first-order valence-electron chi connectivity index (χ1n) is 49.1. The minimum Gasteiger partial charge on any atom is -0.491 e. The van der Waals surface area contributed by atoms with E-state index in [0.717, 1.165) is 163 Å². The third-order valence-electron chi connectivity index (χ3n) is 27.3. The number of amides is 1. The number of nitrogens with zero attached hydrogens (tertiary/aromatic N) is 15. The number of nitrogens with one attached hydrogen (secondary N) is 4. The normalized spacial score (nSPS) is 18.5. The average Bonchev–Trinajstić information content (AvgIpc) is 1.14. The molecule has 4 aromatic carbocycles. The lowest BCUT2D eigenvalue weighted by Crippen LogP contribution is -2.45. The Hall–Kier alpha value is -9.86. The van der Waals surface area contributed by atoms with Gasteiger partial charge in [0.25, 0.3) is 0 Å². The third-order valence-corrected chi connectivity index (χ3v) is 27.3. The van der Waals surface area contributed by atoms with Gasteiger partial charge in [0.2, 0.25) is 5.91 Å². The topological polar surface area (TPSA) is 335 Å². The Kier molecular flexibility index (Phi) is 38.7. The van der Waals surface area contributed by atoms with Crippen LogP contribution in [0.15, 0.2) is 109 Å². The maximum atomic E-state index is 12.3. The van der Waals surface area contributed by atoms with E-state index in [4.69, 9.17) is 58.6 Å². The monoisotopic (exact) mass is 1840 g/mol. The standard InChI is InChI=1S/C28H41N5O3.C27H40N6O2.C25H38N4O3.C24H34N4O3/c1-20(34)33-14-12-21(13-15-33)26-17-27(32(3)23-9-5-4-6-10-23)31-28(30-26)22-8-7-11-25(16-22)36-19-24(35)18-29-2;1-28-15-23(34)18-35-24-11-7-8-19(12-24)27-29-25(32(3)20-9-5-4-6-10-20)14-26(30-27)33-17-21-13-22(33)16-31(21)2;1-17-22(25(2,3)4)27-23(28-24(17)29(6)19-10-12-31-13-11-19)18-8-7-9-21(14-18)32-16-20(30)15-26-5;1-16-22(17(2)29)26-23(27-24(16)28(4)19-10-6-5-7-11-19)18-9-8-12-21(13-18)31-15-20(30)14-25-3/h7-8,11,16-17,21,23-24,29,35H,4-6,9-10,12-15,18-19H2,1-3H3;7-8,11-12,14,20-23,28,34H,4-6,9-10,13,15-18H2,1-3H3;7-9,14,19-20,26,30H,10-13,15-16H2,1-6H3;8-9,12-13,19-20,25,30H,5-7,10-11,14-15H2,1-4H3/t;21-,22-,23?;;/m.0../s1. The van der Waals surface area contributed by atoms with Crippen LogP contribution in [0.4, 0.5) is 29.1 Å². The van der Waals surface area contributed by atoms with E-state index in [2.05, 4.69) is 131 Å². The summed E-state index contributed by atoms with van der Waals surface area (Å²) in [5.41, 5.74) is 7.91. The second-order valence-corrected chi connectivity index (χ2v) is 38.7. The van der Waals surface area contributed by atoms with Crippen molar-refractivity contribution in [2.45, 2.75) is 249 Å². The van der Waals surface area contributed by atoms with Crippen LogP contribution in [0.1, 0.15) is 202 Å². The maximum Gasteiger partial charge on any atom is 0.219 e. The molecule has 4 aliphatic heterocycles. The molecule has 1 amide bonds. The molecule has 2 bridgehead atoms. The third kappa shape index (κ3) is 28.6. The number of rotatable bonds is 35. The van der Waals surface area contributed by atoms with E-state index < -0.39 is 24.4 Å². The summed E-state index contributed by atoms with van der Waals surface area (Å²) in [5, 5.41) is 51.7. The van der Waals surface area contributed by atoms with Gasteiger partial charge in [0.15, 0.2) is 29.1 Å². The van der Waals surface area contributed by atoms with Crippen LogP contribution in [0.2, 0.25) is 0 Å². The summed E-state index contributed by atoms with van der Waals surface area (Å²) in [4.78, 5) is 80.0. The number of hydrogen-bond donors (Lipinski definition) is 8. The van der Waals surface area contributed by atoms with Crippen molar-refractivity contribution in [3.63, 3.8) is 0 Å². The van der Waals surface area contributed by atoms with Gasteiger partial charge in [-0.3, -0.25) is 14.5 Å². The van der Waals surface area contributed by atoms with Gasteiger partial charge in [-0.1, -0.05) is 127 Å². The van der Waals surface area contributed by atoms with Gasteiger partial charge in [0, 0.05) is 206 Å². The molecule has 4 saturated heterocycles. The van der Waals surface area contributed by atoms with Crippen molar-refractivity contribution in [3.8, 4) is 68.5 Å². The number of carbonyl (C=O) groups is 2. The zero-order valence-electron chi connectivity index (χ0n) is 82.6. The molecule has 8 aromatic rings. The molecule has 3 saturated carbocycles. The number of aliphatic hydroxyl groups is 4. The first kappa shape index (κ1) is 103. The van der Waals surface area contributed by atoms with Gasteiger partial charge in [-0.15, -0.1) is 0 Å². The molecular weight excluding hydrogens is 1690 g/mol. The number of piperidine rings is 1. The second kappa shape index (κ2) is 50.3. The Bertz CT molecular complexity index is 5010. The SMILES string of the molecule is CNCC(O)COc1cccc(-c2nc(C(C)=O)c(C)c(N(C)C3CCCCC3)n2)c1.CNCC(O)COc1cccc(-c2nc(C3CCN(C(C)=O)CC3)cc(N(C)C3CCCCC3)n2)c1.CNCC(O)COc1cccc(-c2nc(N(C)C3CCCCC3)cc(N3C[C@@H]4C[C@H]3CN4C)n2)c1.CNCC(O)COc1cccc(-c2nc(N(C)C3CCOCC3)c(C)c(C(C)(C)C)n2)c1. The summed E-state index contributed by atoms with van der Waals surface area (Å²) in [6, 6.07) is 38.4. The predicted octanol–water partition coefficient (Wildman–Crippen LogP) is 13.1. The first-order valence-corrected chi connectivity index (χ1v) is 49.1. The Labute approximate surface area is 796 Å². The summed E-state index contributed by atoms with van der Waals surface area (Å²) < 4.78 is 28.8. The van der Waals surface area contributed by atoms with Crippen molar-refractivity contribution in [1.82, 2.24) is 70.9 Å². The minimum absolute atomic E-state index is 0.0676. The van der Waals surface area contributed by atoms with E-state index >= 15 is 0 Å². The van der Waals surface area contributed by atoms with Gasteiger partial charge in [0.05, 0.1) is 5.69 Å². The molecule has 0 spiro atoms. The van der Waals surface area contributed by atoms with Crippen LogP contribution >= 0.6 is 0 Å². The van der Waals surface area contributed by atoms with E-state index in [1.807, 2.05) is 116 Å². The van der Waals surface area contributed by atoms with Crippen molar-refractivity contribution < 1.29 is 53.7 Å². The number of hydrogen-bond acceptors (Lipinski definition) is 29. The number of ether oxygens (including phenoxy) is 5. The van der Waals surface area contributed by atoms with E-state index in [1.165, 1.54) is 89.9 Å². The second-order valence-electron chi connectivity index (χ2n) is 38.7. The highest BCUT2D eigenvalue weighted by Crippen LogP contribution is 2.41. The molecule has 134 heavy (non-hydrogen) atoms. The summed E-state index contributed by atoms with van der Waals surface area (Å²) in [6.45, 7) is 21.8. The fourth-order valence-electron chi connectivity index (χ4n) is 19.6. The lowest BCUT2D eigenvalue weighted by Gasteiger charge is -2.35. The van der Waals surface area contributed by atoms with Crippen molar-refractivity contribution in [2.75, 3.05) is 180 Å². The van der Waals surface area contributed by atoms with Crippen molar-refractivity contribution in [3.05, 3.63) is 137 Å². The summed E-state index contributed by atoms with van der Waals surface area (Å²) in [6.07, 6.45) is 21.4. The summed E-state index contributed by atoms with van der Waals surface area (Å²) >= 11 is 0. The zero-order valence-corrected chi connectivity index (χ0v) is 82.6.